The first kappa shape index (κ1) is 20.0. The van der Waals surface area contributed by atoms with Crippen molar-refractivity contribution >= 4 is 29.3 Å². The van der Waals surface area contributed by atoms with E-state index in [0.29, 0.717) is 28.4 Å². The molecular weight excluding hydrogens is 417 g/mol. The van der Waals surface area contributed by atoms with Crippen LogP contribution in [0, 0.1) is 17.7 Å². The number of benzene rings is 1. The molecule has 0 aliphatic carbocycles. The van der Waals surface area contributed by atoms with Gasteiger partial charge < -0.3 is 14.3 Å². The van der Waals surface area contributed by atoms with E-state index in [1.165, 1.54) is 16.9 Å². The van der Waals surface area contributed by atoms with Gasteiger partial charge in [0.25, 0.3) is 0 Å². The number of hydrogen-bond donors (Lipinski definition) is 0. The second-order valence-corrected chi connectivity index (χ2v) is 7.57. The molecular formula is C18H17ClFN7O3. The third-order valence-electron chi connectivity index (χ3n) is 5.29. The zero-order valence-corrected chi connectivity index (χ0v) is 16.7. The van der Waals surface area contributed by atoms with Gasteiger partial charge >= 0.3 is 6.15 Å². The average Bonchev–Trinajstić information content (AvgIpc) is 3.46. The van der Waals surface area contributed by atoms with Gasteiger partial charge in [0.1, 0.15) is 5.82 Å². The zero-order valence-electron chi connectivity index (χ0n) is 15.9. The van der Waals surface area contributed by atoms with Crippen molar-refractivity contribution in [2.75, 3.05) is 36.0 Å². The highest BCUT2D eigenvalue weighted by molar-refractivity contribution is 6.33. The Hall–Kier alpha value is -3.30. The molecule has 2 atom stereocenters. The van der Waals surface area contributed by atoms with E-state index in [0.717, 1.165) is 37.7 Å². The van der Waals surface area contributed by atoms with E-state index < -0.39 is 0 Å². The summed E-state index contributed by atoms with van der Waals surface area (Å²) in [5.74, 6) is 2.38. The summed E-state index contributed by atoms with van der Waals surface area (Å²) in [6.07, 6.45) is 0.250. The topological polar surface area (TPSA) is 110 Å². The summed E-state index contributed by atoms with van der Waals surface area (Å²) in [5.41, 5.74) is 0.773. The Morgan fingerprint density at radius 2 is 1.80 bits per heavy atom. The van der Waals surface area contributed by atoms with Gasteiger partial charge in [-0.05, 0) is 23.4 Å². The van der Waals surface area contributed by atoms with Crippen LogP contribution in [0.3, 0.4) is 0 Å². The molecule has 0 saturated carbocycles. The molecule has 2 aromatic heterocycles. The molecule has 2 aliphatic heterocycles. The average molecular weight is 434 g/mol. The molecule has 0 spiro atoms. The van der Waals surface area contributed by atoms with Crippen LogP contribution in [0.15, 0.2) is 28.8 Å². The van der Waals surface area contributed by atoms with E-state index in [-0.39, 0.29) is 12.0 Å². The van der Waals surface area contributed by atoms with Crippen molar-refractivity contribution in [3.63, 3.8) is 0 Å². The molecule has 3 aromatic rings. The molecule has 12 heteroatoms. The quantitative estimate of drug-likeness (QED) is 0.608. The van der Waals surface area contributed by atoms with Gasteiger partial charge in [0, 0.05) is 44.1 Å². The van der Waals surface area contributed by atoms with Crippen LogP contribution in [0.1, 0.15) is 0 Å². The molecule has 10 nitrogen and oxygen atoms in total. The molecule has 5 rings (SSSR count). The predicted octanol–water partition coefficient (Wildman–Crippen LogP) is 1.65. The van der Waals surface area contributed by atoms with Gasteiger partial charge in [-0.25, -0.2) is 4.39 Å². The van der Waals surface area contributed by atoms with Crippen LogP contribution in [0.25, 0.3) is 11.6 Å². The van der Waals surface area contributed by atoms with E-state index in [2.05, 4.69) is 30.4 Å². The van der Waals surface area contributed by atoms with Crippen molar-refractivity contribution in [2.45, 2.75) is 0 Å². The van der Waals surface area contributed by atoms with Gasteiger partial charge in [0.15, 0.2) is 5.82 Å². The molecule has 2 aliphatic rings. The lowest BCUT2D eigenvalue weighted by Gasteiger charge is -2.23. The maximum atomic E-state index is 13.6. The van der Waals surface area contributed by atoms with E-state index in [1.807, 2.05) is 6.07 Å². The summed E-state index contributed by atoms with van der Waals surface area (Å²) in [6.45, 7) is 3.43. The van der Waals surface area contributed by atoms with E-state index in [1.54, 1.807) is 13.1 Å². The van der Waals surface area contributed by atoms with E-state index in [9.17, 15) is 4.39 Å². The van der Waals surface area contributed by atoms with Crippen molar-refractivity contribution in [3.8, 4) is 11.6 Å². The van der Waals surface area contributed by atoms with Crippen molar-refractivity contribution in [3.05, 3.63) is 35.1 Å². The van der Waals surface area contributed by atoms with Crippen LogP contribution in [-0.2, 0) is 16.6 Å². The Bertz CT molecular complexity index is 1070. The van der Waals surface area contributed by atoms with Crippen LogP contribution in [0.2, 0.25) is 5.02 Å². The Labute approximate surface area is 175 Å². The summed E-state index contributed by atoms with van der Waals surface area (Å²) >= 11 is 6.26. The van der Waals surface area contributed by atoms with Crippen molar-refractivity contribution in [1.82, 2.24) is 25.4 Å². The highest BCUT2D eigenvalue weighted by Gasteiger charge is 2.41. The van der Waals surface area contributed by atoms with E-state index >= 15 is 0 Å². The second-order valence-electron chi connectivity index (χ2n) is 7.16. The number of rotatable bonds is 3. The second kappa shape index (κ2) is 8.21. The lowest BCUT2D eigenvalue weighted by atomic mass is 10.0. The van der Waals surface area contributed by atoms with Crippen LogP contribution < -0.4 is 9.80 Å². The fraction of sp³-hybridized carbons (Fsp3) is 0.389. The van der Waals surface area contributed by atoms with Gasteiger partial charge in [-0.1, -0.05) is 16.8 Å². The number of halogens is 2. The molecule has 0 bridgehead atoms. The summed E-state index contributed by atoms with van der Waals surface area (Å²) in [4.78, 5) is 22.0. The van der Waals surface area contributed by atoms with Gasteiger partial charge in [0.05, 0.1) is 17.8 Å². The Morgan fingerprint density at radius 1 is 1.13 bits per heavy atom. The Kier molecular flexibility index (Phi) is 5.47. The molecule has 1 aromatic carbocycles. The third kappa shape index (κ3) is 3.89. The summed E-state index contributed by atoms with van der Waals surface area (Å²) in [6, 6.07) is 6.36. The van der Waals surface area contributed by atoms with Gasteiger partial charge in [-0.15, -0.1) is 10.2 Å². The third-order valence-corrected chi connectivity index (χ3v) is 5.61. The van der Waals surface area contributed by atoms with Gasteiger partial charge in [-0.3, -0.25) is 0 Å². The first-order chi connectivity index (χ1) is 14.5. The smallest absolute Gasteiger partial charge is 0.370 e. The Balaban J connectivity index is 0.000000687. The SMILES string of the molecule is Cn1nnc(-c2cc(N3CC4CN(c5cc(F)ccc5Cl)CC4C3)no2)n1.O=C=O. The van der Waals surface area contributed by atoms with Crippen molar-refractivity contribution in [2.24, 2.45) is 18.9 Å². The minimum atomic E-state index is -0.263. The largest absolute Gasteiger partial charge is 0.373 e. The minimum Gasteiger partial charge on any atom is -0.370 e. The molecule has 0 N–H and O–H groups in total. The maximum absolute atomic E-state index is 13.6. The van der Waals surface area contributed by atoms with Gasteiger partial charge in [0.2, 0.25) is 11.6 Å². The van der Waals surface area contributed by atoms with E-state index in [4.69, 9.17) is 25.7 Å². The molecule has 0 radical (unpaired) electrons. The number of carbonyl (C=O) groups excluding carboxylic acids is 2. The monoisotopic (exact) mass is 433 g/mol. The number of aryl methyl sites for hydroxylation is 1. The molecule has 156 valence electrons. The summed E-state index contributed by atoms with van der Waals surface area (Å²) in [5, 5.41) is 16.6. The summed E-state index contributed by atoms with van der Waals surface area (Å²) < 4.78 is 19.0. The normalized spacial score (nSPS) is 20.0. The van der Waals surface area contributed by atoms with Crippen LogP contribution in [0.4, 0.5) is 15.9 Å². The van der Waals surface area contributed by atoms with Gasteiger partial charge in [-0.2, -0.15) is 14.4 Å². The number of aromatic nitrogens is 5. The molecule has 2 unspecified atom stereocenters. The van der Waals surface area contributed by atoms with Crippen LogP contribution in [-0.4, -0.2) is 57.7 Å². The maximum Gasteiger partial charge on any atom is 0.373 e. The van der Waals surface area contributed by atoms with Crippen molar-refractivity contribution in [1.29, 1.82) is 0 Å². The highest BCUT2D eigenvalue weighted by atomic mass is 35.5. The number of tetrazole rings is 1. The lowest BCUT2D eigenvalue weighted by Crippen LogP contribution is -2.29. The zero-order chi connectivity index (χ0) is 21.3. The first-order valence-corrected chi connectivity index (χ1v) is 9.51. The number of nitrogens with zero attached hydrogens (tertiary/aromatic N) is 7. The molecule has 0 amide bonds. The molecule has 2 fully saturated rings. The number of fused-ring (bicyclic) bond motifs is 1. The van der Waals surface area contributed by atoms with Crippen molar-refractivity contribution < 1.29 is 18.5 Å². The minimum absolute atomic E-state index is 0.250. The first-order valence-electron chi connectivity index (χ1n) is 9.13. The highest BCUT2D eigenvalue weighted by Crippen LogP contribution is 2.38. The number of anilines is 2. The summed E-state index contributed by atoms with van der Waals surface area (Å²) in [7, 11) is 1.70. The standard InChI is InChI=1S/C17H17ClFN7O.CO2/c1-24-21-17(20-23-24)15-5-16(22-27-15)26-8-10-6-25(7-11(10)9-26)14-4-12(19)2-3-13(14)18;2-1-3/h2-5,10-11H,6-9H2,1H3;. The predicted molar refractivity (Wildman–Crippen MR) is 102 cm³/mol. The molecule has 2 saturated heterocycles. The van der Waals surface area contributed by atoms with Crippen LogP contribution in [0.5, 0.6) is 0 Å². The number of hydrogen-bond acceptors (Lipinski definition) is 9. The molecule has 4 heterocycles. The fourth-order valence-electron chi connectivity index (χ4n) is 4.01. The van der Waals surface area contributed by atoms with Crippen LogP contribution >= 0.6 is 11.6 Å². The molecule has 30 heavy (non-hydrogen) atoms. The fourth-order valence-corrected chi connectivity index (χ4v) is 4.25. The Morgan fingerprint density at radius 3 is 2.43 bits per heavy atom. The lowest BCUT2D eigenvalue weighted by molar-refractivity contribution is -0.191.